The Kier molecular flexibility index (Phi) is 7.33. The number of hydrogen-bond donors (Lipinski definition) is 4. The van der Waals surface area contributed by atoms with E-state index in [1.807, 2.05) is 13.0 Å². The molecule has 3 aromatic carbocycles. The van der Waals surface area contributed by atoms with Crippen LogP contribution in [0.2, 0.25) is 0 Å². The summed E-state index contributed by atoms with van der Waals surface area (Å²) in [4.78, 5) is 23.2. The highest BCUT2D eigenvalue weighted by atomic mass is 16.4. The van der Waals surface area contributed by atoms with E-state index in [4.69, 9.17) is 0 Å². The number of nitrogens with zero attached hydrogens (tertiary/aromatic N) is 2. The fourth-order valence-electron chi connectivity index (χ4n) is 5.48. The summed E-state index contributed by atoms with van der Waals surface area (Å²) < 4.78 is 0. The molecule has 0 fully saturated rings. The Bertz CT molecular complexity index is 1520. The van der Waals surface area contributed by atoms with E-state index in [9.17, 15) is 19.8 Å². The molecule has 202 valence electrons. The topological polar surface area (TPSA) is 123 Å². The number of aldehydes is 1. The average molecular weight is 527 g/mol. The van der Waals surface area contributed by atoms with Crippen LogP contribution in [0.15, 0.2) is 64.8 Å². The van der Waals surface area contributed by atoms with E-state index >= 15 is 0 Å². The largest absolute Gasteiger partial charge is 0.505 e. The zero-order valence-electron chi connectivity index (χ0n) is 23.1. The molecule has 0 spiro atoms. The summed E-state index contributed by atoms with van der Waals surface area (Å²) in [6.07, 6.45) is 1.65. The van der Waals surface area contributed by atoms with E-state index in [1.165, 1.54) is 23.3 Å². The minimum Gasteiger partial charge on any atom is -0.505 e. The first-order valence-electron chi connectivity index (χ1n) is 12.7. The van der Waals surface area contributed by atoms with Gasteiger partial charge >= 0.3 is 5.97 Å². The third-order valence-electron chi connectivity index (χ3n) is 7.17. The van der Waals surface area contributed by atoms with E-state index in [0.29, 0.717) is 23.1 Å². The molecule has 0 saturated carbocycles. The molecule has 8 nitrogen and oxygen atoms in total. The van der Waals surface area contributed by atoms with Gasteiger partial charge in [-0.1, -0.05) is 45.9 Å². The summed E-state index contributed by atoms with van der Waals surface area (Å²) in [5.74, 6) is -1.17. The number of hydrazone groups is 2. The number of anilines is 2. The maximum absolute atomic E-state index is 11.8. The normalized spacial score (nSPS) is 15.9. The Hall–Kier alpha value is -4.46. The molecule has 0 atom stereocenters. The van der Waals surface area contributed by atoms with Gasteiger partial charge in [-0.25, -0.2) is 4.79 Å². The fourth-order valence-corrected chi connectivity index (χ4v) is 5.48. The predicted octanol–water partition coefficient (Wildman–Crippen LogP) is 6.48. The zero-order chi connectivity index (χ0) is 28.5. The second-order valence-corrected chi connectivity index (χ2v) is 11.3. The molecule has 1 aliphatic rings. The second-order valence-electron chi connectivity index (χ2n) is 11.3. The van der Waals surface area contributed by atoms with Crippen molar-refractivity contribution in [3.63, 3.8) is 0 Å². The van der Waals surface area contributed by atoms with E-state index < -0.39 is 5.97 Å². The first kappa shape index (κ1) is 27.6. The van der Waals surface area contributed by atoms with Crippen molar-refractivity contribution in [2.24, 2.45) is 10.2 Å². The van der Waals surface area contributed by atoms with Gasteiger partial charge in [-0.05, 0) is 89.8 Å². The lowest BCUT2D eigenvalue weighted by atomic mass is 9.82. The standard InChI is InChI=1S/C31H34N4O4/c1-18-12-23(20-8-7-9-21(14-20)29(38)39)28(37)26(13-18)34-35-27(16-36)19(2)32-33-22-10-11-24-25(15-22)31(5,6)17-30(24,3)4/h7-16,33-34,37H,17H2,1-6H3,(H,38,39)/b32-19-,35-27+. The van der Waals surface area contributed by atoms with Gasteiger partial charge in [-0.3, -0.25) is 15.6 Å². The average Bonchev–Trinajstić information content (AvgIpc) is 3.07. The maximum Gasteiger partial charge on any atom is 0.335 e. The molecule has 0 amide bonds. The molecule has 4 N–H and O–H groups in total. The van der Waals surface area contributed by atoms with Crippen molar-refractivity contribution in [1.29, 1.82) is 0 Å². The fraction of sp³-hybridized carbons (Fsp3) is 0.290. The zero-order valence-corrected chi connectivity index (χ0v) is 23.1. The number of phenolic OH excluding ortho intramolecular Hbond substituents is 1. The molecule has 39 heavy (non-hydrogen) atoms. The van der Waals surface area contributed by atoms with E-state index in [1.54, 1.807) is 31.2 Å². The van der Waals surface area contributed by atoms with Gasteiger partial charge in [0.2, 0.25) is 0 Å². The molecule has 1 aliphatic carbocycles. The van der Waals surface area contributed by atoms with Crippen molar-refractivity contribution in [1.82, 2.24) is 0 Å². The number of carbonyl (C=O) groups excluding carboxylic acids is 1. The van der Waals surface area contributed by atoms with Crippen LogP contribution in [-0.2, 0) is 15.6 Å². The van der Waals surface area contributed by atoms with Crippen molar-refractivity contribution in [3.8, 4) is 16.9 Å². The lowest BCUT2D eigenvalue weighted by Gasteiger charge is -2.22. The molecule has 3 aromatic rings. The van der Waals surface area contributed by atoms with Gasteiger partial charge in [0.25, 0.3) is 0 Å². The molecule has 0 radical (unpaired) electrons. The first-order valence-corrected chi connectivity index (χ1v) is 12.7. The molecule has 0 aromatic heterocycles. The summed E-state index contributed by atoms with van der Waals surface area (Å²) in [5, 5.41) is 28.8. The number of aryl methyl sites for hydroxylation is 1. The summed E-state index contributed by atoms with van der Waals surface area (Å²) in [6.45, 7) is 12.5. The first-order chi connectivity index (χ1) is 18.3. The quantitative estimate of drug-likeness (QED) is 0.115. The van der Waals surface area contributed by atoms with Crippen LogP contribution in [0.25, 0.3) is 11.1 Å². The molecule has 0 bridgehead atoms. The molecule has 8 heteroatoms. The molecule has 0 heterocycles. The van der Waals surface area contributed by atoms with Gasteiger partial charge in [0.05, 0.1) is 22.6 Å². The summed E-state index contributed by atoms with van der Waals surface area (Å²) in [7, 11) is 0. The molecular weight excluding hydrogens is 492 g/mol. The SMILES string of the molecule is CC(=N/Nc1ccc2c(c1)C(C)(C)CC2(C)C)/C(C=O)=N/Nc1cc(C)cc(-c2cccc(C(=O)O)c2)c1O. The van der Waals surface area contributed by atoms with Gasteiger partial charge in [0.1, 0.15) is 11.5 Å². The van der Waals surface area contributed by atoms with Crippen LogP contribution in [0.4, 0.5) is 11.4 Å². The van der Waals surface area contributed by atoms with Crippen LogP contribution < -0.4 is 10.9 Å². The number of benzene rings is 3. The number of rotatable bonds is 8. The Morgan fingerprint density at radius 2 is 1.67 bits per heavy atom. The number of aromatic carboxylic acids is 1. The van der Waals surface area contributed by atoms with Gasteiger partial charge < -0.3 is 10.2 Å². The van der Waals surface area contributed by atoms with E-state index in [-0.39, 0.29) is 33.5 Å². The molecule has 0 aliphatic heterocycles. The van der Waals surface area contributed by atoms with Crippen LogP contribution in [0.5, 0.6) is 5.75 Å². The Balaban J connectivity index is 1.57. The van der Waals surface area contributed by atoms with Crippen molar-refractivity contribution >= 4 is 35.1 Å². The van der Waals surface area contributed by atoms with E-state index in [2.05, 4.69) is 60.9 Å². The minimum atomic E-state index is -1.06. The minimum absolute atomic E-state index is 0.0538. The predicted molar refractivity (Wildman–Crippen MR) is 156 cm³/mol. The molecule has 0 unspecified atom stereocenters. The number of aromatic hydroxyl groups is 1. The lowest BCUT2D eigenvalue weighted by molar-refractivity contribution is -0.102. The highest BCUT2D eigenvalue weighted by molar-refractivity contribution is 6.61. The Morgan fingerprint density at radius 3 is 2.36 bits per heavy atom. The van der Waals surface area contributed by atoms with Crippen LogP contribution in [-0.4, -0.2) is 33.9 Å². The van der Waals surface area contributed by atoms with Crippen LogP contribution in [0.1, 0.15) is 68.1 Å². The Labute approximate surface area is 228 Å². The van der Waals surface area contributed by atoms with Crippen LogP contribution in [0.3, 0.4) is 0 Å². The summed E-state index contributed by atoms with van der Waals surface area (Å²) >= 11 is 0. The van der Waals surface area contributed by atoms with Crippen molar-refractivity contribution < 1.29 is 19.8 Å². The van der Waals surface area contributed by atoms with Crippen molar-refractivity contribution in [2.45, 2.75) is 58.8 Å². The number of carboxylic acids is 1. The monoisotopic (exact) mass is 526 g/mol. The third kappa shape index (κ3) is 5.70. The van der Waals surface area contributed by atoms with Gasteiger partial charge in [-0.15, -0.1) is 0 Å². The summed E-state index contributed by atoms with van der Waals surface area (Å²) in [5.41, 5.74) is 12.0. The maximum atomic E-state index is 11.8. The molecular formula is C31H34N4O4. The number of nitrogens with one attached hydrogen (secondary N) is 2. The van der Waals surface area contributed by atoms with Crippen molar-refractivity contribution in [2.75, 3.05) is 10.9 Å². The number of fused-ring (bicyclic) bond motifs is 1. The molecule has 0 saturated heterocycles. The number of phenols is 1. The van der Waals surface area contributed by atoms with Crippen LogP contribution in [0, 0.1) is 6.92 Å². The Morgan fingerprint density at radius 1 is 0.949 bits per heavy atom. The van der Waals surface area contributed by atoms with E-state index in [0.717, 1.165) is 17.7 Å². The smallest absolute Gasteiger partial charge is 0.335 e. The lowest BCUT2D eigenvalue weighted by Crippen LogP contribution is -2.18. The van der Waals surface area contributed by atoms with Gasteiger partial charge in [0.15, 0.2) is 6.29 Å². The number of hydrogen-bond acceptors (Lipinski definition) is 7. The van der Waals surface area contributed by atoms with Gasteiger partial charge in [0, 0.05) is 5.56 Å². The van der Waals surface area contributed by atoms with Crippen molar-refractivity contribution in [3.05, 3.63) is 76.9 Å². The highest BCUT2D eigenvalue weighted by Gasteiger charge is 2.41. The van der Waals surface area contributed by atoms with Gasteiger partial charge in [-0.2, -0.15) is 10.2 Å². The highest BCUT2D eigenvalue weighted by Crippen LogP contribution is 2.49. The second kappa shape index (κ2) is 10.4. The molecule has 4 rings (SSSR count). The summed E-state index contributed by atoms with van der Waals surface area (Å²) in [6, 6.07) is 16.0. The number of carbonyl (C=O) groups is 2. The third-order valence-corrected chi connectivity index (χ3v) is 7.17. The number of carboxylic acid groups (broad SMARTS) is 1. The van der Waals surface area contributed by atoms with Crippen LogP contribution >= 0.6 is 0 Å².